The summed E-state index contributed by atoms with van der Waals surface area (Å²) in [4.78, 5) is 0.335. The lowest BCUT2D eigenvalue weighted by Gasteiger charge is -2.06. The molecule has 0 amide bonds. The molecule has 1 N–H and O–H groups in total. The zero-order valence-corrected chi connectivity index (χ0v) is 12.0. The van der Waals surface area contributed by atoms with Gasteiger partial charge in [0.15, 0.2) is 15.1 Å². The number of hydrogen-bond donors (Lipinski definition) is 1. The average molecular weight is 300 g/mol. The Morgan fingerprint density at radius 2 is 1.84 bits per heavy atom. The van der Waals surface area contributed by atoms with Crippen molar-refractivity contribution in [1.29, 1.82) is 0 Å². The Morgan fingerprint density at radius 1 is 1.16 bits per heavy atom. The first-order valence-corrected chi connectivity index (χ1v) is 7.85. The highest BCUT2D eigenvalue weighted by Gasteiger charge is 2.10. The van der Waals surface area contributed by atoms with Crippen LogP contribution in [0.4, 0.5) is 5.69 Å². The van der Waals surface area contributed by atoms with E-state index in [1.807, 2.05) is 0 Å². The maximum Gasteiger partial charge on any atom is 0.193 e. The van der Waals surface area contributed by atoms with Gasteiger partial charge in [-0.05, 0) is 48.0 Å². The van der Waals surface area contributed by atoms with Crippen molar-refractivity contribution in [1.82, 2.24) is 0 Å². The van der Waals surface area contributed by atoms with Crippen molar-refractivity contribution in [2.24, 2.45) is 0 Å². The van der Waals surface area contributed by atoms with Gasteiger partial charge in [0, 0.05) is 5.69 Å². The minimum atomic E-state index is -3.14. The van der Waals surface area contributed by atoms with Crippen molar-refractivity contribution >= 4 is 27.1 Å². The van der Waals surface area contributed by atoms with Crippen LogP contribution >= 0.6 is 11.6 Å². The summed E-state index contributed by atoms with van der Waals surface area (Å²) < 4.78 is 28.5. The zero-order chi connectivity index (χ0) is 13.9. The smallest absolute Gasteiger partial charge is 0.193 e. The van der Waals surface area contributed by atoms with E-state index < -0.39 is 9.84 Å². The molecule has 0 radical (unpaired) electrons. The normalized spacial score (nSPS) is 11.5. The van der Waals surface area contributed by atoms with Crippen LogP contribution < -0.4 is 5.32 Å². The van der Waals surface area contributed by atoms with Crippen LogP contribution in [0.2, 0.25) is 5.22 Å². The summed E-state index contributed by atoms with van der Waals surface area (Å²) in [5.74, 6) is 0.820. The summed E-state index contributed by atoms with van der Waals surface area (Å²) in [6.45, 7) is 2.12. The second kappa shape index (κ2) is 5.67. The van der Waals surface area contributed by atoms with E-state index in [4.69, 9.17) is 16.0 Å². The molecule has 102 valence electrons. The monoisotopic (exact) mass is 299 g/mol. The number of sulfone groups is 1. The quantitative estimate of drug-likeness (QED) is 0.920. The van der Waals surface area contributed by atoms with Crippen LogP contribution in [0.25, 0.3) is 0 Å². The Balaban J connectivity index is 2.03. The second-order valence-corrected chi connectivity index (χ2v) is 6.64. The molecular formula is C13H14ClNO3S. The summed E-state index contributed by atoms with van der Waals surface area (Å²) >= 11 is 5.67. The molecule has 2 rings (SSSR count). The van der Waals surface area contributed by atoms with E-state index in [-0.39, 0.29) is 5.75 Å². The van der Waals surface area contributed by atoms with E-state index in [2.05, 4.69) is 5.32 Å². The standard InChI is InChI=1S/C13H14ClNO3S/c1-2-19(16,17)12-6-3-10(4-7-12)15-9-11-5-8-13(14)18-11/h3-8,15H,2,9H2,1H3. The van der Waals surface area contributed by atoms with Crippen LogP contribution in [0, 0.1) is 0 Å². The van der Waals surface area contributed by atoms with E-state index in [1.165, 1.54) is 0 Å². The SMILES string of the molecule is CCS(=O)(=O)c1ccc(NCc2ccc(Cl)o2)cc1. The third-order valence-corrected chi connectivity index (χ3v) is 4.64. The summed E-state index contributed by atoms with van der Waals surface area (Å²) in [5.41, 5.74) is 0.822. The number of anilines is 1. The van der Waals surface area contributed by atoms with Crippen LogP contribution in [0.5, 0.6) is 0 Å². The van der Waals surface area contributed by atoms with E-state index in [9.17, 15) is 8.42 Å². The van der Waals surface area contributed by atoms with Crippen LogP contribution in [0.15, 0.2) is 45.7 Å². The molecule has 2 aromatic rings. The lowest BCUT2D eigenvalue weighted by atomic mass is 10.3. The number of hydrogen-bond acceptors (Lipinski definition) is 4. The van der Waals surface area contributed by atoms with Crippen molar-refractivity contribution < 1.29 is 12.8 Å². The van der Waals surface area contributed by atoms with Crippen LogP contribution in [-0.4, -0.2) is 14.2 Å². The molecular weight excluding hydrogens is 286 g/mol. The van der Waals surface area contributed by atoms with Gasteiger partial charge in [0.25, 0.3) is 0 Å². The number of nitrogens with one attached hydrogen (secondary N) is 1. The third-order valence-electron chi connectivity index (χ3n) is 2.69. The molecule has 0 atom stereocenters. The van der Waals surface area contributed by atoms with Gasteiger partial charge in [-0.25, -0.2) is 8.42 Å². The van der Waals surface area contributed by atoms with Crippen molar-refractivity contribution in [3.05, 3.63) is 47.4 Å². The lowest BCUT2D eigenvalue weighted by Crippen LogP contribution is -2.04. The predicted molar refractivity (Wildman–Crippen MR) is 75.2 cm³/mol. The Hall–Kier alpha value is -1.46. The van der Waals surface area contributed by atoms with Crippen molar-refractivity contribution in [3.63, 3.8) is 0 Å². The first-order chi connectivity index (χ1) is 9.01. The van der Waals surface area contributed by atoms with E-state index in [0.29, 0.717) is 16.7 Å². The van der Waals surface area contributed by atoms with E-state index in [0.717, 1.165) is 11.4 Å². The molecule has 0 aliphatic heterocycles. The molecule has 19 heavy (non-hydrogen) atoms. The second-order valence-electron chi connectivity index (χ2n) is 3.99. The van der Waals surface area contributed by atoms with Gasteiger partial charge in [-0.3, -0.25) is 0 Å². The molecule has 0 aliphatic rings. The maximum absolute atomic E-state index is 11.6. The Labute approximate surface area is 117 Å². The van der Waals surface area contributed by atoms with Gasteiger partial charge in [-0.1, -0.05) is 6.92 Å². The Bertz CT molecular complexity index is 647. The fraction of sp³-hybridized carbons (Fsp3) is 0.231. The molecule has 4 nitrogen and oxygen atoms in total. The molecule has 1 heterocycles. The minimum Gasteiger partial charge on any atom is -0.448 e. The molecule has 0 saturated heterocycles. The van der Waals surface area contributed by atoms with E-state index >= 15 is 0 Å². The highest BCUT2D eigenvalue weighted by Crippen LogP contribution is 2.17. The summed E-state index contributed by atoms with van der Waals surface area (Å²) in [6, 6.07) is 10.1. The molecule has 6 heteroatoms. The molecule has 0 spiro atoms. The average Bonchev–Trinajstić information content (AvgIpc) is 2.83. The zero-order valence-electron chi connectivity index (χ0n) is 10.4. The fourth-order valence-electron chi connectivity index (χ4n) is 1.58. The first-order valence-electron chi connectivity index (χ1n) is 5.82. The Kier molecular flexibility index (Phi) is 4.17. The number of halogens is 1. The molecule has 0 bridgehead atoms. The molecule has 0 unspecified atom stereocenters. The fourth-order valence-corrected chi connectivity index (χ4v) is 2.63. The lowest BCUT2D eigenvalue weighted by molar-refractivity contribution is 0.520. The van der Waals surface area contributed by atoms with Crippen LogP contribution in [-0.2, 0) is 16.4 Å². The summed E-state index contributed by atoms with van der Waals surface area (Å²) in [7, 11) is -3.14. The largest absolute Gasteiger partial charge is 0.448 e. The van der Waals surface area contributed by atoms with Gasteiger partial charge in [0.2, 0.25) is 0 Å². The van der Waals surface area contributed by atoms with Gasteiger partial charge >= 0.3 is 0 Å². The van der Waals surface area contributed by atoms with Gasteiger partial charge < -0.3 is 9.73 Å². The minimum absolute atomic E-state index is 0.102. The molecule has 0 saturated carbocycles. The first kappa shape index (κ1) is 14.0. The van der Waals surface area contributed by atoms with Crippen molar-refractivity contribution in [2.75, 3.05) is 11.1 Å². The molecule has 0 aliphatic carbocycles. The topological polar surface area (TPSA) is 59.3 Å². The van der Waals surface area contributed by atoms with Gasteiger partial charge in [0.1, 0.15) is 5.76 Å². The third kappa shape index (κ3) is 3.52. The van der Waals surface area contributed by atoms with Gasteiger partial charge in [-0.2, -0.15) is 0 Å². The highest BCUT2D eigenvalue weighted by molar-refractivity contribution is 7.91. The van der Waals surface area contributed by atoms with Crippen LogP contribution in [0.1, 0.15) is 12.7 Å². The highest BCUT2D eigenvalue weighted by atomic mass is 35.5. The number of benzene rings is 1. The summed E-state index contributed by atoms with van der Waals surface area (Å²) in [5, 5.41) is 3.47. The predicted octanol–water partition coefficient (Wildman–Crippen LogP) is 3.34. The van der Waals surface area contributed by atoms with Crippen molar-refractivity contribution in [3.8, 4) is 0 Å². The summed E-state index contributed by atoms with van der Waals surface area (Å²) in [6.07, 6.45) is 0. The maximum atomic E-state index is 11.6. The molecule has 1 aromatic heterocycles. The Morgan fingerprint density at radius 3 is 2.37 bits per heavy atom. The van der Waals surface area contributed by atoms with Gasteiger partial charge in [-0.15, -0.1) is 0 Å². The van der Waals surface area contributed by atoms with Crippen molar-refractivity contribution in [2.45, 2.75) is 18.4 Å². The number of rotatable bonds is 5. The van der Waals surface area contributed by atoms with E-state index in [1.54, 1.807) is 43.3 Å². The molecule has 1 aromatic carbocycles. The van der Waals surface area contributed by atoms with Crippen LogP contribution in [0.3, 0.4) is 0 Å². The number of furan rings is 1. The van der Waals surface area contributed by atoms with Gasteiger partial charge in [0.05, 0.1) is 17.2 Å². The molecule has 0 fully saturated rings.